The standard InChI is InChI=1S/C16H32N2O/c1-4-17-16-10-12(2)9-13(3)15(16)11-18(7-8-19)14-5-6-14/h12-17,19H,4-11H2,1-3H3. The van der Waals surface area contributed by atoms with Gasteiger partial charge in [-0.05, 0) is 50.0 Å². The molecule has 0 amide bonds. The molecule has 0 aliphatic heterocycles. The lowest BCUT2D eigenvalue weighted by molar-refractivity contribution is 0.0876. The van der Waals surface area contributed by atoms with Gasteiger partial charge >= 0.3 is 0 Å². The van der Waals surface area contributed by atoms with E-state index in [9.17, 15) is 5.11 Å². The van der Waals surface area contributed by atoms with Crippen molar-refractivity contribution in [3.05, 3.63) is 0 Å². The third kappa shape index (κ3) is 4.17. The molecule has 2 fully saturated rings. The number of nitrogens with zero attached hydrogens (tertiary/aromatic N) is 1. The summed E-state index contributed by atoms with van der Waals surface area (Å²) >= 11 is 0. The Bertz CT molecular complexity index is 267. The van der Waals surface area contributed by atoms with Gasteiger partial charge in [-0.25, -0.2) is 0 Å². The summed E-state index contributed by atoms with van der Waals surface area (Å²) in [4.78, 5) is 2.54. The van der Waals surface area contributed by atoms with Crippen molar-refractivity contribution in [3.63, 3.8) is 0 Å². The van der Waals surface area contributed by atoms with E-state index in [1.54, 1.807) is 0 Å². The smallest absolute Gasteiger partial charge is 0.0558 e. The third-order valence-electron chi connectivity index (χ3n) is 5.04. The first kappa shape index (κ1) is 15.3. The highest BCUT2D eigenvalue weighted by Gasteiger charge is 2.37. The Morgan fingerprint density at radius 1 is 1.21 bits per heavy atom. The van der Waals surface area contributed by atoms with E-state index in [4.69, 9.17) is 0 Å². The minimum atomic E-state index is 0.305. The van der Waals surface area contributed by atoms with Gasteiger partial charge in [0, 0.05) is 25.2 Å². The fraction of sp³-hybridized carbons (Fsp3) is 1.00. The van der Waals surface area contributed by atoms with Crippen LogP contribution in [0.2, 0.25) is 0 Å². The van der Waals surface area contributed by atoms with Gasteiger partial charge in [-0.2, -0.15) is 0 Å². The van der Waals surface area contributed by atoms with Crippen LogP contribution in [0.25, 0.3) is 0 Å². The number of rotatable bonds is 7. The summed E-state index contributed by atoms with van der Waals surface area (Å²) in [5.74, 6) is 2.40. The van der Waals surface area contributed by atoms with Gasteiger partial charge in [0.2, 0.25) is 0 Å². The number of nitrogens with one attached hydrogen (secondary N) is 1. The van der Waals surface area contributed by atoms with E-state index in [2.05, 4.69) is 31.0 Å². The predicted octanol–water partition coefficient (Wildman–Crippen LogP) is 2.10. The molecule has 112 valence electrons. The second-order valence-corrected chi connectivity index (χ2v) is 6.83. The molecular weight excluding hydrogens is 236 g/mol. The Morgan fingerprint density at radius 3 is 2.53 bits per heavy atom. The number of hydrogen-bond acceptors (Lipinski definition) is 3. The Labute approximate surface area is 118 Å². The van der Waals surface area contributed by atoms with Crippen molar-refractivity contribution in [1.29, 1.82) is 0 Å². The lowest BCUT2D eigenvalue weighted by atomic mass is 9.72. The van der Waals surface area contributed by atoms with Crippen LogP contribution in [-0.4, -0.2) is 48.3 Å². The molecule has 3 heteroatoms. The zero-order chi connectivity index (χ0) is 13.8. The van der Waals surface area contributed by atoms with Crippen molar-refractivity contribution in [2.75, 3.05) is 26.2 Å². The molecule has 2 rings (SSSR count). The first-order chi connectivity index (χ1) is 9.15. The number of hydrogen-bond donors (Lipinski definition) is 2. The first-order valence-corrected chi connectivity index (χ1v) is 8.24. The van der Waals surface area contributed by atoms with E-state index in [1.807, 2.05) is 0 Å². The molecule has 0 heterocycles. The summed E-state index contributed by atoms with van der Waals surface area (Å²) in [6.45, 7) is 10.5. The quantitative estimate of drug-likeness (QED) is 0.742. The lowest BCUT2D eigenvalue weighted by Gasteiger charge is -2.42. The fourth-order valence-corrected chi connectivity index (χ4v) is 3.98. The zero-order valence-corrected chi connectivity index (χ0v) is 12.9. The van der Waals surface area contributed by atoms with Gasteiger partial charge in [-0.3, -0.25) is 4.90 Å². The van der Waals surface area contributed by atoms with Crippen LogP contribution in [0.15, 0.2) is 0 Å². The molecule has 2 aliphatic rings. The van der Waals surface area contributed by atoms with Crippen LogP contribution in [0.5, 0.6) is 0 Å². The Hall–Kier alpha value is -0.120. The van der Waals surface area contributed by atoms with Gasteiger partial charge < -0.3 is 10.4 Å². The molecule has 2 saturated carbocycles. The van der Waals surface area contributed by atoms with Crippen LogP contribution < -0.4 is 5.32 Å². The Morgan fingerprint density at radius 2 is 1.95 bits per heavy atom. The topological polar surface area (TPSA) is 35.5 Å². The molecule has 0 bridgehead atoms. The third-order valence-corrected chi connectivity index (χ3v) is 5.04. The number of aliphatic hydroxyl groups excluding tert-OH is 1. The van der Waals surface area contributed by atoms with Crippen molar-refractivity contribution in [3.8, 4) is 0 Å². The van der Waals surface area contributed by atoms with Crippen molar-refractivity contribution >= 4 is 0 Å². The highest BCUT2D eigenvalue weighted by Crippen LogP contribution is 2.36. The molecule has 0 aromatic carbocycles. The average molecular weight is 268 g/mol. The monoisotopic (exact) mass is 268 g/mol. The van der Waals surface area contributed by atoms with Gasteiger partial charge in [0.05, 0.1) is 6.61 Å². The average Bonchev–Trinajstić information content (AvgIpc) is 3.16. The molecule has 0 saturated heterocycles. The number of aliphatic hydroxyl groups is 1. The van der Waals surface area contributed by atoms with E-state index < -0.39 is 0 Å². The second-order valence-electron chi connectivity index (χ2n) is 6.83. The summed E-state index contributed by atoms with van der Waals surface area (Å²) in [5, 5.41) is 13.0. The molecule has 4 atom stereocenters. The minimum Gasteiger partial charge on any atom is -0.395 e. The Balaban J connectivity index is 1.96. The highest BCUT2D eigenvalue weighted by atomic mass is 16.3. The van der Waals surface area contributed by atoms with Crippen molar-refractivity contribution < 1.29 is 5.11 Å². The molecule has 3 nitrogen and oxygen atoms in total. The molecular formula is C16H32N2O. The molecule has 0 aromatic rings. The molecule has 2 aliphatic carbocycles. The Kier molecular flexibility index (Phi) is 5.67. The van der Waals surface area contributed by atoms with Crippen LogP contribution in [0.4, 0.5) is 0 Å². The van der Waals surface area contributed by atoms with E-state index in [0.717, 1.165) is 36.9 Å². The zero-order valence-electron chi connectivity index (χ0n) is 12.9. The van der Waals surface area contributed by atoms with E-state index in [0.29, 0.717) is 12.6 Å². The predicted molar refractivity (Wildman–Crippen MR) is 80.2 cm³/mol. The maximum Gasteiger partial charge on any atom is 0.0558 e. The van der Waals surface area contributed by atoms with Crippen LogP contribution in [0.3, 0.4) is 0 Å². The maximum absolute atomic E-state index is 9.26. The molecule has 0 spiro atoms. The van der Waals surface area contributed by atoms with E-state index in [-0.39, 0.29) is 0 Å². The normalized spacial score (nSPS) is 35.8. The van der Waals surface area contributed by atoms with Crippen LogP contribution >= 0.6 is 0 Å². The van der Waals surface area contributed by atoms with Gasteiger partial charge in [0.15, 0.2) is 0 Å². The largest absolute Gasteiger partial charge is 0.395 e. The van der Waals surface area contributed by atoms with Crippen molar-refractivity contribution in [2.45, 2.75) is 58.5 Å². The minimum absolute atomic E-state index is 0.305. The lowest BCUT2D eigenvalue weighted by Crippen LogP contribution is -2.49. The molecule has 19 heavy (non-hydrogen) atoms. The summed E-state index contributed by atoms with van der Waals surface area (Å²) in [6.07, 6.45) is 5.36. The van der Waals surface area contributed by atoms with Crippen molar-refractivity contribution in [1.82, 2.24) is 10.2 Å². The van der Waals surface area contributed by atoms with Gasteiger partial charge in [0.25, 0.3) is 0 Å². The van der Waals surface area contributed by atoms with Crippen LogP contribution in [0.1, 0.15) is 46.5 Å². The summed E-state index contributed by atoms with van der Waals surface area (Å²) in [5.41, 5.74) is 0. The summed E-state index contributed by atoms with van der Waals surface area (Å²) in [6, 6.07) is 1.43. The van der Waals surface area contributed by atoms with Gasteiger partial charge in [0.1, 0.15) is 0 Å². The molecule has 4 unspecified atom stereocenters. The summed E-state index contributed by atoms with van der Waals surface area (Å²) < 4.78 is 0. The van der Waals surface area contributed by atoms with Gasteiger partial charge in [-0.1, -0.05) is 20.8 Å². The molecule has 0 aromatic heterocycles. The maximum atomic E-state index is 9.26. The fourth-order valence-electron chi connectivity index (χ4n) is 3.98. The van der Waals surface area contributed by atoms with E-state index in [1.165, 1.54) is 32.2 Å². The SMILES string of the molecule is CCNC1CC(C)CC(C)C1CN(CCO)C1CC1. The molecule has 0 radical (unpaired) electrons. The van der Waals surface area contributed by atoms with Crippen LogP contribution in [-0.2, 0) is 0 Å². The van der Waals surface area contributed by atoms with Crippen LogP contribution in [0, 0.1) is 17.8 Å². The first-order valence-electron chi connectivity index (χ1n) is 8.24. The van der Waals surface area contributed by atoms with E-state index >= 15 is 0 Å². The molecule has 2 N–H and O–H groups in total. The second kappa shape index (κ2) is 7.05. The van der Waals surface area contributed by atoms with Gasteiger partial charge in [-0.15, -0.1) is 0 Å². The summed E-state index contributed by atoms with van der Waals surface area (Å²) in [7, 11) is 0. The highest BCUT2D eigenvalue weighted by molar-refractivity contribution is 4.92. The van der Waals surface area contributed by atoms with Crippen molar-refractivity contribution in [2.24, 2.45) is 17.8 Å².